The Morgan fingerprint density at radius 3 is 2.80 bits per heavy atom. The molecule has 7 heteroatoms. The number of likely N-dealkylation sites (tertiary alicyclic amines) is 2. The molecule has 2 amide bonds. The van der Waals surface area contributed by atoms with Crippen LogP contribution < -0.4 is 0 Å². The standard InChI is InChI=1S/C18H28N4O2S/c1-14(25-2)17(24)21-9-6-18(7-10-21)5-3-16(23)22(12-18)8-4-15-11-19-13-20-15/h11,13-14H,3-10,12H2,1-2H3,(H,19,20). The molecule has 1 aromatic heterocycles. The van der Waals surface area contributed by atoms with E-state index < -0.39 is 0 Å². The van der Waals surface area contributed by atoms with Crippen LogP contribution in [0.2, 0.25) is 0 Å². The maximum Gasteiger partial charge on any atom is 0.235 e. The van der Waals surface area contributed by atoms with Gasteiger partial charge in [-0.1, -0.05) is 0 Å². The minimum Gasteiger partial charge on any atom is -0.348 e. The number of imidazole rings is 1. The average Bonchev–Trinajstić information content (AvgIpc) is 3.15. The third-order valence-corrected chi connectivity index (χ3v) is 6.70. The topological polar surface area (TPSA) is 69.3 Å². The summed E-state index contributed by atoms with van der Waals surface area (Å²) < 4.78 is 0. The Hall–Kier alpha value is -1.50. The van der Waals surface area contributed by atoms with Gasteiger partial charge in [0.2, 0.25) is 11.8 Å². The fraction of sp³-hybridized carbons (Fsp3) is 0.722. The number of piperidine rings is 2. The molecule has 0 saturated carbocycles. The Morgan fingerprint density at radius 1 is 1.40 bits per heavy atom. The quantitative estimate of drug-likeness (QED) is 0.867. The van der Waals surface area contributed by atoms with Gasteiger partial charge in [-0.3, -0.25) is 9.59 Å². The largest absolute Gasteiger partial charge is 0.348 e. The van der Waals surface area contributed by atoms with Gasteiger partial charge in [0.1, 0.15) is 0 Å². The molecule has 138 valence electrons. The van der Waals surface area contributed by atoms with Crippen LogP contribution in [0, 0.1) is 5.41 Å². The SMILES string of the molecule is CSC(C)C(=O)N1CCC2(CCC(=O)N(CCc3cnc[nH]3)C2)CC1. The molecule has 0 radical (unpaired) electrons. The van der Waals surface area contributed by atoms with Crippen molar-refractivity contribution in [1.82, 2.24) is 19.8 Å². The van der Waals surface area contributed by atoms with Crippen LogP contribution in [-0.4, -0.2) is 69.3 Å². The summed E-state index contributed by atoms with van der Waals surface area (Å²) in [5, 5.41) is 0.0351. The second kappa shape index (κ2) is 7.81. The van der Waals surface area contributed by atoms with Gasteiger partial charge in [-0.05, 0) is 37.9 Å². The summed E-state index contributed by atoms with van der Waals surface area (Å²) in [7, 11) is 0. The highest BCUT2D eigenvalue weighted by Crippen LogP contribution is 2.40. The van der Waals surface area contributed by atoms with Crippen molar-refractivity contribution in [3.8, 4) is 0 Å². The van der Waals surface area contributed by atoms with Crippen molar-refractivity contribution in [1.29, 1.82) is 0 Å². The zero-order valence-corrected chi connectivity index (χ0v) is 16.0. The minimum absolute atomic E-state index is 0.0351. The van der Waals surface area contributed by atoms with Gasteiger partial charge in [-0.25, -0.2) is 4.98 Å². The molecular weight excluding hydrogens is 336 g/mol. The number of nitrogens with one attached hydrogen (secondary N) is 1. The van der Waals surface area contributed by atoms with E-state index in [1.54, 1.807) is 18.1 Å². The fourth-order valence-corrected chi connectivity index (χ4v) is 4.30. The second-order valence-corrected chi connectivity index (χ2v) is 8.52. The van der Waals surface area contributed by atoms with E-state index in [1.165, 1.54) is 0 Å². The van der Waals surface area contributed by atoms with Gasteiger partial charge in [0, 0.05) is 50.9 Å². The van der Waals surface area contributed by atoms with Crippen molar-refractivity contribution in [2.45, 2.75) is 44.3 Å². The molecule has 1 N–H and O–H groups in total. The molecule has 1 spiro atoms. The summed E-state index contributed by atoms with van der Waals surface area (Å²) in [5.41, 5.74) is 1.26. The lowest BCUT2D eigenvalue weighted by molar-refractivity contribution is -0.142. The van der Waals surface area contributed by atoms with Crippen LogP contribution in [0.3, 0.4) is 0 Å². The summed E-state index contributed by atoms with van der Waals surface area (Å²) >= 11 is 1.61. The molecule has 2 fully saturated rings. The summed E-state index contributed by atoms with van der Waals surface area (Å²) in [6.07, 6.45) is 9.92. The van der Waals surface area contributed by atoms with Crippen molar-refractivity contribution in [2.24, 2.45) is 5.41 Å². The van der Waals surface area contributed by atoms with Gasteiger partial charge in [0.15, 0.2) is 0 Å². The van der Waals surface area contributed by atoms with Gasteiger partial charge in [-0.15, -0.1) is 0 Å². The number of aromatic amines is 1. The highest BCUT2D eigenvalue weighted by Gasteiger charge is 2.41. The maximum absolute atomic E-state index is 12.4. The predicted octanol–water partition coefficient (Wildman–Crippen LogP) is 1.93. The molecular formula is C18H28N4O2S. The lowest BCUT2D eigenvalue weighted by atomic mass is 9.72. The zero-order chi connectivity index (χ0) is 17.9. The lowest BCUT2D eigenvalue weighted by Crippen LogP contribution is -2.53. The number of H-pyrrole nitrogens is 1. The minimum atomic E-state index is 0.0351. The van der Waals surface area contributed by atoms with E-state index in [9.17, 15) is 9.59 Å². The van der Waals surface area contributed by atoms with E-state index in [-0.39, 0.29) is 22.5 Å². The number of hydrogen-bond donors (Lipinski definition) is 1. The molecule has 0 aliphatic carbocycles. The molecule has 2 saturated heterocycles. The average molecular weight is 365 g/mol. The van der Waals surface area contributed by atoms with Crippen LogP contribution in [-0.2, 0) is 16.0 Å². The van der Waals surface area contributed by atoms with Crippen molar-refractivity contribution in [3.63, 3.8) is 0 Å². The molecule has 3 heterocycles. The number of carbonyl (C=O) groups is 2. The molecule has 0 bridgehead atoms. The van der Waals surface area contributed by atoms with E-state index >= 15 is 0 Å². The Balaban J connectivity index is 1.56. The summed E-state index contributed by atoms with van der Waals surface area (Å²) in [6, 6.07) is 0. The summed E-state index contributed by atoms with van der Waals surface area (Å²) in [5.74, 6) is 0.519. The van der Waals surface area contributed by atoms with Gasteiger partial charge >= 0.3 is 0 Å². The van der Waals surface area contributed by atoms with E-state index in [4.69, 9.17) is 0 Å². The maximum atomic E-state index is 12.4. The molecule has 6 nitrogen and oxygen atoms in total. The smallest absolute Gasteiger partial charge is 0.235 e. The first kappa shape index (κ1) is 18.3. The molecule has 1 atom stereocenters. The Bertz CT molecular complexity index is 596. The first-order chi connectivity index (χ1) is 12.0. The summed E-state index contributed by atoms with van der Waals surface area (Å²) in [6.45, 7) is 5.21. The van der Waals surface area contributed by atoms with Crippen LogP contribution >= 0.6 is 11.8 Å². The van der Waals surface area contributed by atoms with Gasteiger partial charge < -0.3 is 14.8 Å². The van der Waals surface area contributed by atoms with Crippen LogP contribution in [0.15, 0.2) is 12.5 Å². The predicted molar refractivity (Wildman–Crippen MR) is 99.3 cm³/mol. The first-order valence-electron chi connectivity index (χ1n) is 9.10. The van der Waals surface area contributed by atoms with Crippen molar-refractivity contribution < 1.29 is 9.59 Å². The first-order valence-corrected chi connectivity index (χ1v) is 10.4. The monoisotopic (exact) mass is 364 g/mol. The number of amides is 2. The number of thioether (sulfide) groups is 1. The van der Waals surface area contributed by atoms with Crippen LogP contribution in [0.1, 0.15) is 38.3 Å². The van der Waals surface area contributed by atoms with Crippen LogP contribution in [0.5, 0.6) is 0 Å². The van der Waals surface area contributed by atoms with Gasteiger partial charge in [0.25, 0.3) is 0 Å². The normalized spacial score (nSPS) is 21.6. The Morgan fingerprint density at radius 2 is 2.16 bits per heavy atom. The van der Waals surface area contributed by atoms with Crippen molar-refractivity contribution in [2.75, 3.05) is 32.4 Å². The van der Waals surface area contributed by atoms with Gasteiger partial charge in [0.05, 0.1) is 11.6 Å². The van der Waals surface area contributed by atoms with E-state index in [0.29, 0.717) is 6.42 Å². The van der Waals surface area contributed by atoms with E-state index in [2.05, 4.69) is 9.97 Å². The number of carbonyl (C=O) groups excluding carboxylic acids is 2. The molecule has 0 aromatic carbocycles. The molecule has 3 rings (SSSR count). The van der Waals surface area contributed by atoms with Crippen molar-refractivity contribution in [3.05, 3.63) is 18.2 Å². The third kappa shape index (κ3) is 4.19. The number of nitrogens with zero attached hydrogens (tertiary/aromatic N) is 3. The number of rotatable bonds is 5. The Labute approximate surface area is 153 Å². The van der Waals surface area contributed by atoms with Crippen molar-refractivity contribution >= 4 is 23.6 Å². The second-order valence-electron chi connectivity index (χ2n) is 7.35. The summed E-state index contributed by atoms with van der Waals surface area (Å²) in [4.78, 5) is 35.9. The van der Waals surface area contributed by atoms with Crippen LogP contribution in [0.25, 0.3) is 0 Å². The van der Waals surface area contributed by atoms with E-state index in [1.807, 2.05) is 29.2 Å². The number of aromatic nitrogens is 2. The lowest BCUT2D eigenvalue weighted by Gasteiger charge is -2.47. The molecule has 2 aliphatic heterocycles. The molecule has 1 unspecified atom stereocenters. The highest BCUT2D eigenvalue weighted by molar-refractivity contribution is 7.99. The third-order valence-electron chi connectivity index (χ3n) is 5.79. The fourth-order valence-electron chi connectivity index (χ4n) is 3.95. The van der Waals surface area contributed by atoms with Crippen LogP contribution in [0.4, 0.5) is 0 Å². The zero-order valence-electron chi connectivity index (χ0n) is 15.2. The molecule has 1 aromatic rings. The molecule has 25 heavy (non-hydrogen) atoms. The Kier molecular flexibility index (Phi) is 5.71. The molecule has 2 aliphatic rings. The van der Waals surface area contributed by atoms with E-state index in [0.717, 1.165) is 57.6 Å². The highest BCUT2D eigenvalue weighted by atomic mass is 32.2. The van der Waals surface area contributed by atoms with Gasteiger partial charge in [-0.2, -0.15) is 11.8 Å². The number of hydrogen-bond acceptors (Lipinski definition) is 4.